The minimum atomic E-state index is 1.26. The summed E-state index contributed by atoms with van der Waals surface area (Å²) in [6.45, 7) is 0. The highest BCUT2D eigenvalue weighted by atomic mass is 14.2. The summed E-state index contributed by atoms with van der Waals surface area (Å²) in [6.07, 6.45) is 0. The molecule has 0 atom stereocenters. The first-order chi connectivity index (χ1) is 18.8. The third kappa shape index (κ3) is 3.24. The Morgan fingerprint density at radius 3 is 1.11 bits per heavy atom. The van der Waals surface area contributed by atoms with Crippen LogP contribution in [0.2, 0.25) is 0 Å². The summed E-state index contributed by atoms with van der Waals surface area (Å²) in [5.74, 6) is 0. The van der Waals surface area contributed by atoms with Gasteiger partial charge in [0.1, 0.15) is 0 Å². The molecule has 0 nitrogen and oxygen atoms in total. The van der Waals surface area contributed by atoms with Crippen molar-refractivity contribution in [1.29, 1.82) is 0 Å². The van der Waals surface area contributed by atoms with Crippen LogP contribution in [0, 0.1) is 0 Å². The van der Waals surface area contributed by atoms with Crippen LogP contribution in [0.1, 0.15) is 0 Å². The molecule has 38 heavy (non-hydrogen) atoms. The molecule has 0 heterocycles. The summed E-state index contributed by atoms with van der Waals surface area (Å²) in [5.41, 5.74) is 5.07. The van der Waals surface area contributed by atoms with Gasteiger partial charge in [-0.1, -0.05) is 133 Å². The molecular weight excluding hydrogens is 456 g/mol. The highest BCUT2D eigenvalue weighted by Gasteiger charge is 2.12. The van der Waals surface area contributed by atoms with E-state index in [1.165, 1.54) is 76.1 Å². The van der Waals surface area contributed by atoms with E-state index in [9.17, 15) is 0 Å². The van der Waals surface area contributed by atoms with Crippen LogP contribution < -0.4 is 0 Å². The summed E-state index contributed by atoms with van der Waals surface area (Å²) in [6, 6.07) is 53.4. The average Bonchev–Trinajstić information content (AvgIpc) is 2.99. The lowest BCUT2D eigenvalue weighted by Crippen LogP contribution is -1.87. The van der Waals surface area contributed by atoms with Gasteiger partial charge in [0.25, 0.3) is 0 Å². The molecule has 8 aromatic carbocycles. The zero-order valence-electron chi connectivity index (χ0n) is 20.9. The Labute approximate surface area is 221 Å². The monoisotopic (exact) mass is 480 g/mol. The molecule has 0 heteroatoms. The Bertz CT molecular complexity index is 2020. The maximum atomic E-state index is 2.31. The average molecular weight is 481 g/mol. The van der Waals surface area contributed by atoms with E-state index < -0.39 is 0 Å². The van der Waals surface area contributed by atoms with Crippen molar-refractivity contribution in [1.82, 2.24) is 0 Å². The van der Waals surface area contributed by atoms with Crippen molar-refractivity contribution in [3.05, 3.63) is 146 Å². The lowest BCUT2D eigenvalue weighted by molar-refractivity contribution is 1.68. The van der Waals surface area contributed by atoms with Crippen molar-refractivity contribution >= 4 is 53.9 Å². The van der Waals surface area contributed by atoms with Gasteiger partial charge in [-0.15, -0.1) is 0 Å². The van der Waals surface area contributed by atoms with E-state index in [0.29, 0.717) is 0 Å². The number of rotatable bonds is 2. The fraction of sp³-hybridized carbons (Fsp3) is 0. The normalized spacial score (nSPS) is 11.7. The van der Waals surface area contributed by atoms with Gasteiger partial charge in [-0.05, 0) is 88.2 Å². The van der Waals surface area contributed by atoms with Gasteiger partial charge in [-0.25, -0.2) is 0 Å². The molecule has 0 aromatic heterocycles. The third-order valence-corrected chi connectivity index (χ3v) is 8.04. The second-order valence-corrected chi connectivity index (χ2v) is 10.2. The van der Waals surface area contributed by atoms with Gasteiger partial charge in [0, 0.05) is 0 Å². The first-order valence-corrected chi connectivity index (χ1v) is 13.2. The summed E-state index contributed by atoms with van der Waals surface area (Å²) < 4.78 is 0. The summed E-state index contributed by atoms with van der Waals surface area (Å²) >= 11 is 0. The van der Waals surface area contributed by atoms with Gasteiger partial charge in [0.2, 0.25) is 0 Å². The van der Waals surface area contributed by atoms with Crippen molar-refractivity contribution < 1.29 is 0 Å². The van der Waals surface area contributed by atoms with Crippen molar-refractivity contribution in [3.63, 3.8) is 0 Å². The van der Waals surface area contributed by atoms with Crippen molar-refractivity contribution in [3.8, 4) is 22.3 Å². The molecular formula is C38H24. The molecule has 176 valence electrons. The van der Waals surface area contributed by atoms with Crippen LogP contribution >= 0.6 is 0 Å². The zero-order valence-corrected chi connectivity index (χ0v) is 20.9. The molecule has 0 saturated heterocycles. The van der Waals surface area contributed by atoms with E-state index in [4.69, 9.17) is 0 Å². The fourth-order valence-electron chi connectivity index (χ4n) is 6.16. The molecule has 0 fully saturated rings. The Kier molecular flexibility index (Phi) is 4.62. The quantitative estimate of drug-likeness (QED) is 0.216. The molecule has 0 N–H and O–H groups in total. The van der Waals surface area contributed by atoms with E-state index in [0.717, 1.165) is 0 Å². The third-order valence-electron chi connectivity index (χ3n) is 8.04. The summed E-state index contributed by atoms with van der Waals surface area (Å²) in [5, 5.41) is 12.9. The van der Waals surface area contributed by atoms with Crippen LogP contribution in [-0.4, -0.2) is 0 Å². The van der Waals surface area contributed by atoms with Gasteiger partial charge in [-0.2, -0.15) is 0 Å². The predicted molar refractivity (Wildman–Crippen MR) is 165 cm³/mol. The van der Waals surface area contributed by atoms with Crippen LogP contribution in [0.5, 0.6) is 0 Å². The van der Waals surface area contributed by atoms with Gasteiger partial charge < -0.3 is 0 Å². The highest BCUT2D eigenvalue weighted by Crippen LogP contribution is 2.39. The largest absolute Gasteiger partial charge is 0.0616 e. The molecule has 0 amide bonds. The SMILES string of the molecule is c1ccc2cc(-c3cccc4c3ccc3c5cccc(-c6ccc7ccccc7c6)c5ccc43)ccc2c1. The highest BCUT2D eigenvalue weighted by molar-refractivity contribution is 6.21. The van der Waals surface area contributed by atoms with Gasteiger partial charge in [0.05, 0.1) is 0 Å². The van der Waals surface area contributed by atoms with Gasteiger partial charge in [-0.3, -0.25) is 0 Å². The van der Waals surface area contributed by atoms with Gasteiger partial charge in [0.15, 0.2) is 0 Å². The van der Waals surface area contributed by atoms with E-state index in [1.54, 1.807) is 0 Å². The first-order valence-electron chi connectivity index (χ1n) is 13.2. The maximum Gasteiger partial charge on any atom is -0.00987 e. The molecule has 0 radical (unpaired) electrons. The molecule has 8 aromatic rings. The second-order valence-electron chi connectivity index (χ2n) is 10.2. The molecule has 0 bridgehead atoms. The molecule has 0 unspecified atom stereocenters. The Hall–Kier alpha value is -4.94. The van der Waals surface area contributed by atoms with Crippen molar-refractivity contribution in [2.24, 2.45) is 0 Å². The Morgan fingerprint density at radius 2 is 0.632 bits per heavy atom. The van der Waals surface area contributed by atoms with E-state index >= 15 is 0 Å². The number of benzene rings is 8. The van der Waals surface area contributed by atoms with Gasteiger partial charge >= 0.3 is 0 Å². The van der Waals surface area contributed by atoms with Crippen LogP contribution in [-0.2, 0) is 0 Å². The molecule has 0 spiro atoms. The smallest absolute Gasteiger partial charge is 0.00987 e. The van der Waals surface area contributed by atoms with Crippen LogP contribution in [0.3, 0.4) is 0 Å². The lowest BCUT2D eigenvalue weighted by atomic mass is 9.90. The molecule has 0 aliphatic carbocycles. The van der Waals surface area contributed by atoms with E-state index in [1.807, 2.05) is 0 Å². The lowest BCUT2D eigenvalue weighted by Gasteiger charge is -2.14. The first kappa shape index (κ1) is 21.2. The number of hydrogen-bond donors (Lipinski definition) is 0. The molecule has 0 aliphatic heterocycles. The number of hydrogen-bond acceptors (Lipinski definition) is 0. The summed E-state index contributed by atoms with van der Waals surface area (Å²) in [4.78, 5) is 0. The molecule has 0 aliphatic rings. The minimum absolute atomic E-state index is 1.26. The predicted octanol–water partition coefficient (Wildman–Crippen LogP) is 10.8. The topological polar surface area (TPSA) is 0 Å². The second kappa shape index (κ2) is 8.30. The maximum absolute atomic E-state index is 2.31. The van der Waals surface area contributed by atoms with Crippen molar-refractivity contribution in [2.75, 3.05) is 0 Å². The fourth-order valence-corrected chi connectivity index (χ4v) is 6.16. The Morgan fingerprint density at radius 1 is 0.237 bits per heavy atom. The van der Waals surface area contributed by atoms with Crippen LogP contribution in [0.4, 0.5) is 0 Å². The minimum Gasteiger partial charge on any atom is -0.0616 e. The van der Waals surface area contributed by atoms with Crippen LogP contribution in [0.15, 0.2) is 146 Å². The zero-order chi connectivity index (χ0) is 25.1. The summed E-state index contributed by atoms with van der Waals surface area (Å²) in [7, 11) is 0. The van der Waals surface area contributed by atoms with Crippen molar-refractivity contribution in [2.45, 2.75) is 0 Å². The Balaban J connectivity index is 1.34. The van der Waals surface area contributed by atoms with E-state index in [2.05, 4.69) is 146 Å². The van der Waals surface area contributed by atoms with Crippen LogP contribution in [0.25, 0.3) is 76.1 Å². The number of fused-ring (bicyclic) bond motifs is 7. The standard InChI is InChI=1S/C38H24/c1-3-9-27-23-29(17-15-25(27)7-1)31-11-5-13-33-35(31)19-21-38-34-14-6-12-32(36(34)20-22-37(33)38)30-18-16-26-8-2-4-10-28(26)24-30/h1-24H. The molecule has 0 saturated carbocycles. The van der Waals surface area contributed by atoms with E-state index in [-0.39, 0.29) is 0 Å². The molecule has 8 rings (SSSR count).